The highest BCUT2D eigenvalue weighted by Gasteiger charge is 2.10. The van der Waals surface area contributed by atoms with Crippen LogP contribution in [-0.2, 0) is 8.85 Å². The first-order chi connectivity index (χ1) is 11.8. The molecule has 3 heteroatoms. The highest BCUT2D eigenvalue weighted by Crippen LogP contribution is 2.14. The van der Waals surface area contributed by atoms with Crippen molar-refractivity contribution in [3.8, 4) is 0 Å². The molecule has 0 aliphatic heterocycles. The molecule has 0 unspecified atom stereocenters. The van der Waals surface area contributed by atoms with Crippen LogP contribution in [0.4, 0.5) is 0 Å². The lowest BCUT2D eigenvalue weighted by Gasteiger charge is -2.14. The maximum atomic E-state index is 5.72. The van der Waals surface area contributed by atoms with Gasteiger partial charge in [-0.2, -0.15) is 0 Å². The summed E-state index contributed by atoms with van der Waals surface area (Å²) in [7, 11) is -1.32. The molecule has 0 aliphatic carbocycles. The first-order valence-electron chi connectivity index (χ1n) is 11.1. The summed E-state index contributed by atoms with van der Waals surface area (Å²) in [6.45, 7) is 8.07. The Labute approximate surface area is 154 Å². The van der Waals surface area contributed by atoms with Gasteiger partial charge in [0.15, 0.2) is 0 Å². The molecular formula is C21H46O2Si. The topological polar surface area (TPSA) is 18.5 Å². The van der Waals surface area contributed by atoms with Crippen LogP contribution in [0, 0.1) is 0 Å². The lowest BCUT2D eigenvalue weighted by atomic mass is 10.0. The predicted molar refractivity (Wildman–Crippen MR) is 110 cm³/mol. The fourth-order valence-corrected chi connectivity index (χ4v) is 5.06. The summed E-state index contributed by atoms with van der Waals surface area (Å²) in [5.74, 6) is 0. The van der Waals surface area contributed by atoms with Crippen LogP contribution in [0.3, 0.4) is 0 Å². The molecule has 0 aromatic rings. The van der Waals surface area contributed by atoms with Gasteiger partial charge in [-0.15, -0.1) is 0 Å². The number of unbranched alkanes of at least 4 members (excludes halogenated alkanes) is 14. The molecule has 0 bridgehead atoms. The van der Waals surface area contributed by atoms with Gasteiger partial charge in [-0.1, -0.05) is 103 Å². The standard InChI is InChI=1S/C21H46O2Si/c1-4-7-8-9-10-11-12-13-14-15-16-17-18-19-20-21-24(22-5-2)23-6-3/h24H,4-21H2,1-3H3. The van der Waals surface area contributed by atoms with Crippen molar-refractivity contribution in [3.63, 3.8) is 0 Å². The molecule has 146 valence electrons. The van der Waals surface area contributed by atoms with E-state index in [0.29, 0.717) is 0 Å². The summed E-state index contributed by atoms with van der Waals surface area (Å²) in [4.78, 5) is 0. The highest BCUT2D eigenvalue weighted by molar-refractivity contribution is 6.44. The summed E-state index contributed by atoms with van der Waals surface area (Å²) in [6, 6.07) is 1.19. The fraction of sp³-hybridized carbons (Fsp3) is 1.00. The zero-order valence-corrected chi connectivity index (χ0v) is 18.3. The fourth-order valence-electron chi connectivity index (χ4n) is 3.27. The lowest BCUT2D eigenvalue weighted by molar-refractivity contribution is 0.212. The van der Waals surface area contributed by atoms with Crippen molar-refractivity contribution < 1.29 is 8.85 Å². The van der Waals surface area contributed by atoms with Gasteiger partial charge < -0.3 is 8.85 Å². The van der Waals surface area contributed by atoms with E-state index in [4.69, 9.17) is 8.85 Å². The van der Waals surface area contributed by atoms with Crippen LogP contribution in [0.1, 0.15) is 117 Å². The second-order valence-electron chi connectivity index (χ2n) is 7.08. The van der Waals surface area contributed by atoms with Crippen LogP contribution in [0.2, 0.25) is 6.04 Å². The molecule has 0 amide bonds. The van der Waals surface area contributed by atoms with Crippen molar-refractivity contribution in [1.29, 1.82) is 0 Å². The largest absolute Gasteiger partial charge is 0.397 e. The van der Waals surface area contributed by atoms with Crippen LogP contribution >= 0.6 is 0 Å². The van der Waals surface area contributed by atoms with Gasteiger partial charge in [-0.05, 0) is 19.9 Å². The highest BCUT2D eigenvalue weighted by atomic mass is 28.3. The normalized spacial score (nSPS) is 11.5. The molecule has 0 atom stereocenters. The molecule has 0 saturated heterocycles. The Morgan fingerprint density at radius 1 is 0.458 bits per heavy atom. The molecule has 0 fully saturated rings. The lowest BCUT2D eigenvalue weighted by Crippen LogP contribution is -2.22. The van der Waals surface area contributed by atoms with E-state index < -0.39 is 9.28 Å². The van der Waals surface area contributed by atoms with E-state index in [1.54, 1.807) is 0 Å². The van der Waals surface area contributed by atoms with Crippen LogP contribution in [-0.4, -0.2) is 22.5 Å². The zero-order valence-electron chi connectivity index (χ0n) is 17.1. The summed E-state index contributed by atoms with van der Waals surface area (Å²) in [5.41, 5.74) is 0. The van der Waals surface area contributed by atoms with Gasteiger partial charge in [0, 0.05) is 13.2 Å². The third-order valence-electron chi connectivity index (χ3n) is 4.75. The SMILES string of the molecule is CCCCCCCCCCCCCCCCC[SiH](OCC)OCC. The van der Waals surface area contributed by atoms with Gasteiger partial charge in [-0.3, -0.25) is 0 Å². The van der Waals surface area contributed by atoms with Crippen LogP contribution in [0.25, 0.3) is 0 Å². The van der Waals surface area contributed by atoms with E-state index in [1.807, 2.05) is 0 Å². The van der Waals surface area contributed by atoms with E-state index in [9.17, 15) is 0 Å². The maximum Gasteiger partial charge on any atom is 0.321 e. The molecule has 0 saturated carbocycles. The van der Waals surface area contributed by atoms with Gasteiger partial charge in [0.05, 0.1) is 0 Å². The molecule has 0 heterocycles. The van der Waals surface area contributed by atoms with Gasteiger partial charge >= 0.3 is 9.28 Å². The molecule has 0 aromatic carbocycles. The molecule has 0 spiro atoms. The second-order valence-corrected chi connectivity index (χ2v) is 9.18. The Morgan fingerprint density at radius 3 is 1.12 bits per heavy atom. The molecule has 0 aromatic heterocycles. The van der Waals surface area contributed by atoms with E-state index in [-0.39, 0.29) is 0 Å². The second kappa shape index (κ2) is 21.2. The predicted octanol–water partition coefficient (Wildman–Crippen LogP) is 7.15. The maximum absolute atomic E-state index is 5.72. The minimum atomic E-state index is -1.32. The Balaban J connectivity index is 3.14. The van der Waals surface area contributed by atoms with Gasteiger partial charge in [-0.25, -0.2) is 0 Å². The zero-order chi connectivity index (χ0) is 17.7. The summed E-state index contributed by atoms with van der Waals surface area (Å²) >= 11 is 0. The Bertz CT molecular complexity index is 218. The minimum Gasteiger partial charge on any atom is -0.397 e. The smallest absolute Gasteiger partial charge is 0.321 e. The van der Waals surface area contributed by atoms with Crippen molar-refractivity contribution in [1.82, 2.24) is 0 Å². The third kappa shape index (κ3) is 18.5. The quantitative estimate of drug-likeness (QED) is 0.170. The summed E-state index contributed by atoms with van der Waals surface area (Å²) in [5, 5.41) is 0. The number of rotatable bonds is 20. The van der Waals surface area contributed by atoms with E-state index in [0.717, 1.165) is 13.2 Å². The molecule has 0 N–H and O–H groups in total. The monoisotopic (exact) mass is 358 g/mol. The van der Waals surface area contributed by atoms with Crippen molar-refractivity contribution in [2.24, 2.45) is 0 Å². The first kappa shape index (κ1) is 24.1. The van der Waals surface area contributed by atoms with Gasteiger partial charge in [0.1, 0.15) is 0 Å². The van der Waals surface area contributed by atoms with Crippen molar-refractivity contribution in [3.05, 3.63) is 0 Å². The van der Waals surface area contributed by atoms with Crippen LogP contribution in [0.5, 0.6) is 0 Å². The minimum absolute atomic E-state index is 0.815. The number of hydrogen-bond acceptors (Lipinski definition) is 2. The average Bonchev–Trinajstić information content (AvgIpc) is 2.58. The molecular weight excluding hydrogens is 312 g/mol. The van der Waals surface area contributed by atoms with Crippen LogP contribution < -0.4 is 0 Å². The van der Waals surface area contributed by atoms with Crippen molar-refractivity contribution in [2.45, 2.75) is 123 Å². The first-order valence-corrected chi connectivity index (χ1v) is 12.8. The Hall–Kier alpha value is 0.137. The molecule has 0 radical (unpaired) electrons. The summed E-state index contributed by atoms with van der Waals surface area (Å²) < 4.78 is 11.4. The summed E-state index contributed by atoms with van der Waals surface area (Å²) in [6.07, 6.45) is 21.4. The molecule has 0 aliphatic rings. The van der Waals surface area contributed by atoms with E-state index in [1.165, 1.54) is 102 Å². The Kier molecular flexibility index (Phi) is 21.3. The average molecular weight is 359 g/mol. The number of hydrogen-bond donors (Lipinski definition) is 0. The van der Waals surface area contributed by atoms with E-state index >= 15 is 0 Å². The molecule has 24 heavy (non-hydrogen) atoms. The van der Waals surface area contributed by atoms with Gasteiger partial charge in [0.2, 0.25) is 0 Å². The van der Waals surface area contributed by atoms with E-state index in [2.05, 4.69) is 20.8 Å². The Morgan fingerprint density at radius 2 is 0.792 bits per heavy atom. The third-order valence-corrected chi connectivity index (χ3v) is 7.04. The molecule has 0 rings (SSSR count). The van der Waals surface area contributed by atoms with Gasteiger partial charge in [0.25, 0.3) is 0 Å². The van der Waals surface area contributed by atoms with Crippen LogP contribution in [0.15, 0.2) is 0 Å². The van der Waals surface area contributed by atoms with Crippen molar-refractivity contribution in [2.75, 3.05) is 13.2 Å². The molecule has 2 nitrogen and oxygen atoms in total. The van der Waals surface area contributed by atoms with Crippen molar-refractivity contribution >= 4 is 9.28 Å².